The molecule has 0 radical (unpaired) electrons. The van der Waals surface area contributed by atoms with Gasteiger partial charge in [0.15, 0.2) is 11.0 Å². The van der Waals surface area contributed by atoms with Crippen molar-refractivity contribution in [3.63, 3.8) is 0 Å². The van der Waals surface area contributed by atoms with Gasteiger partial charge in [-0.05, 0) is 31.2 Å². The number of ether oxygens (including phenoxy) is 2. The number of benzene rings is 1. The smallest absolute Gasteiger partial charge is 0.327 e. The minimum Gasteiger partial charge on any atom is -0.424 e. The van der Waals surface area contributed by atoms with Gasteiger partial charge in [0.25, 0.3) is 5.91 Å². The van der Waals surface area contributed by atoms with Crippen LogP contribution in [0, 0.1) is 0 Å². The van der Waals surface area contributed by atoms with Crippen molar-refractivity contribution < 1.29 is 19.1 Å². The molecule has 1 fully saturated rings. The van der Waals surface area contributed by atoms with Crippen molar-refractivity contribution in [3.8, 4) is 22.5 Å². The Morgan fingerprint density at radius 3 is 2.65 bits per heavy atom. The molecule has 12 heteroatoms. The molecule has 2 amide bonds. The molecule has 178 valence electrons. The molecule has 1 aromatic carbocycles. The summed E-state index contributed by atoms with van der Waals surface area (Å²) < 4.78 is 11.5. The summed E-state index contributed by atoms with van der Waals surface area (Å²) in [6.45, 7) is 5.21. The molecule has 1 N–H and O–H groups in total. The second-order valence-corrected chi connectivity index (χ2v) is 8.93. The number of nitrogens with zero attached hydrogens (tertiary/aromatic N) is 6. The summed E-state index contributed by atoms with van der Waals surface area (Å²) in [6, 6.07) is 6.95. The molecule has 1 unspecified atom stereocenters. The standard InChI is InChI=1S/C22H25N7O4S/c1-13-12-32-10-9-29(13)20-25-18(17-11-23-22(34-17)24-14(2)30)26-21(27-20)33-16-7-5-15(6-8-16)19(31)28(3)4/h5-8,11,13H,9-10,12H2,1-4H3,(H,23,24,30). The molecule has 1 aliphatic rings. The lowest BCUT2D eigenvalue weighted by molar-refractivity contribution is -0.114. The SMILES string of the molecule is CC(=O)Nc1ncc(-c2nc(Oc3ccc(C(=O)N(C)C)cc3)nc(N3CCOCC3C)n2)s1. The van der Waals surface area contributed by atoms with Gasteiger partial charge >= 0.3 is 6.01 Å². The van der Waals surface area contributed by atoms with Crippen LogP contribution >= 0.6 is 11.3 Å². The van der Waals surface area contributed by atoms with Crippen LogP contribution in [0.25, 0.3) is 10.7 Å². The highest BCUT2D eigenvalue weighted by molar-refractivity contribution is 7.19. The summed E-state index contributed by atoms with van der Waals surface area (Å²) in [6.07, 6.45) is 1.60. The monoisotopic (exact) mass is 483 g/mol. The first kappa shape index (κ1) is 23.5. The number of carbonyl (C=O) groups excluding carboxylic acids is 2. The van der Waals surface area contributed by atoms with Gasteiger partial charge in [-0.25, -0.2) is 4.98 Å². The molecule has 3 aromatic rings. The zero-order valence-electron chi connectivity index (χ0n) is 19.3. The average molecular weight is 484 g/mol. The second-order valence-electron chi connectivity index (χ2n) is 7.90. The van der Waals surface area contributed by atoms with Gasteiger partial charge in [-0.3, -0.25) is 9.59 Å². The quantitative estimate of drug-likeness (QED) is 0.564. The van der Waals surface area contributed by atoms with Crippen molar-refractivity contribution >= 4 is 34.2 Å². The molecule has 34 heavy (non-hydrogen) atoms. The summed E-state index contributed by atoms with van der Waals surface area (Å²) in [4.78, 5) is 45.6. The number of nitrogens with one attached hydrogen (secondary N) is 1. The van der Waals surface area contributed by atoms with Crippen LogP contribution in [0.1, 0.15) is 24.2 Å². The second kappa shape index (κ2) is 10.1. The Hall–Kier alpha value is -3.64. The van der Waals surface area contributed by atoms with E-state index in [4.69, 9.17) is 9.47 Å². The molecular formula is C22H25N7O4S. The third-order valence-corrected chi connectivity index (χ3v) is 5.86. The maximum Gasteiger partial charge on any atom is 0.327 e. The molecule has 1 atom stereocenters. The zero-order chi connectivity index (χ0) is 24.2. The molecule has 0 saturated carbocycles. The minimum atomic E-state index is -0.209. The maximum atomic E-state index is 12.1. The Labute approximate surface area is 200 Å². The number of anilines is 2. The van der Waals surface area contributed by atoms with Crippen LogP contribution in [-0.2, 0) is 9.53 Å². The predicted molar refractivity (Wildman–Crippen MR) is 127 cm³/mol. The van der Waals surface area contributed by atoms with E-state index in [1.807, 2.05) is 11.8 Å². The zero-order valence-corrected chi connectivity index (χ0v) is 20.1. The number of hydrogen-bond donors (Lipinski definition) is 1. The van der Waals surface area contributed by atoms with Crippen LogP contribution < -0.4 is 15.0 Å². The Balaban J connectivity index is 1.66. The maximum absolute atomic E-state index is 12.1. The molecular weight excluding hydrogens is 458 g/mol. The number of amides is 2. The van der Waals surface area contributed by atoms with E-state index in [2.05, 4.69) is 25.3 Å². The first-order valence-electron chi connectivity index (χ1n) is 10.6. The summed E-state index contributed by atoms with van der Waals surface area (Å²) in [5.74, 6) is 1.02. The highest BCUT2D eigenvalue weighted by Gasteiger charge is 2.24. The van der Waals surface area contributed by atoms with Crippen LogP contribution in [0.5, 0.6) is 11.8 Å². The molecule has 0 spiro atoms. The number of rotatable bonds is 6. The van der Waals surface area contributed by atoms with Crippen molar-refractivity contribution in [2.24, 2.45) is 0 Å². The fraction of sp³-hybridized carbons (Fsp3) is 0.364. The van der Waals surface area contributed by atoms with E-state index in [0.29, 0.717) is 52.9 Å². The van der Waals surface area contributed by atoms with Crippen LogP contribution in [0.2, 0.25) is 0 Å². The summed E-state index contributed by atoms with van der Waals surface area (Å²) >= 11 is 1.26. The summed E-state index contributed by atoms with van der Waals surface area (Å²) in [5, 5.41) is 3.12. The van der Waals surface area contributed by atoms with Gasteiger partial charge in [-0.1, -0.05) is 11.3 Å². The lowest BCUT2D eigenvalue weighted by Gasteiger charge is -2.33. The van der Waals surface area contributed by atoms with Crippen molar-refractivity contribution in [1.29, 1.82) is 0 Å². The molecule has 1 aliphatic heterocycles. The van der Waals surface area contributed by atoms with Gasteiger partial charge in [0.1, 0.15) is 5.75 Å². The molecule has 2 aromatic heterocycles. The first-order valence-corrected chi connectivity index (χ1v) is 11.5. The van der Waals surface area contributed by atoms with Crippen LogP contribution in [-0.4, -0.2) is 76.5 Å². The van der Waals surface area contributed by atoms with Crippen molar-refractivity contribution in [1.82, 2.24) is 24.8 Å². The van der Waals surface area contributed by atoms with Gasteiger partial charge in [0.05, 0.1) is 30.3 Å². The van der Waals surface area contributed by atoms with E-state index in [0.717, 1.165) is 0 Å². The number of carbonyl (C=O) groups is 2. The fourth-order valence-corrected chi connectivity index (χ4v) is 4.07. The van der Waals surface area contributed by atoms with Gasteiger partial charge in [-0.2, -0.15) is 15.0 Å². The number of morpholine rings is 1. The van der Waals surface area contributed by atoms with E-state index >= 15 is 0 Å². The Morgan fingerprint density at radius 1 is 1.21 bits per heavy atom. The van der Waals surface area contributed by atoms with Crippen LogP contribution in [0.4, 0.5) is 11.1 Å². The molecule has 0 aliphatic carbocycles. The predicted octanol–water partition coefficient (Wildman–Crippen LogP) is 2.67. The Morgan fingerprint density at radius 2 is 1.97 bits per heavy atom. The summed E-state index contributed by atoms with van der Waals surface area (Å²) in [5.41, 5.74) is 0.548. The Bertz CT molecular complexity index is 1180. The number of thiazole rings is 1. The van der Waals surface area contributed by atoms with Gasteiger partial charge < -0.3 is 24.6 Å². The minimum absolute atomic E-state index is 0.0737. The largest absolute Gasteiger partial charge is 0.424 e. The van der Waals surface area contributed by atoms with Crippen LogP contribution in [0.15, 0.2) is 30.5 Å². The third-order valence-electron chi connectivity index (χ3n) is 4.95. The van der Waals surface area contributed by atoms with Crippen molar-refractivity contribution in [2.75, 3.05) is 44.1 Å². The van der Waals surface area contributed by atoms with E-state index in [-0.39, 0.29) is 23.9 Å². The van der Waals surface area contributed by atoms with Gasteiger partial charge in [0, 0.05) is 33.1 Å². The molecule has 11 nitrogen and oxygen atoms in total. The molecule has 1 saturated heterocycles. The highest BCUT2D eigenvalue weighted by atomic mass is 32.1. The Kier molecular flexibility index (Phi) is 6.98. The number of aromatic nitrogens is 4. The molecule has 3 heterocycles. The van der Waals surface area contributed by atoms with Gasteiger partial charge in [0.2, 0.25) is 11.9 Å². The number of hydrogen-bond acceptors (Lipinski definition) is 10. The van der Waals surface area contributed by atoms with Crippen molar-refractivity contribution in [3.05, 3.63) is 36.0 Å². The topological polar surface area (TPSA) is 123 Å². The normalized spacial score (nSPS) is 15.6. The fourth-order valence-electron chi connectivity index (χ4n) is 3.27. The first-order chi connectivity index (χ1) is 16.3. The lowest BCUT2D eigenvalue weighted by atomic mass is 10.2. The van der Waals surface area contributed by atoms with Crippen LogP contribution in [0.3, 0.4) is 0 Å². The van der Waals surface area contributed by atoms with E-state index in [1.165, 1.54) is 23.2 Å². The lowest BCUT2D eigenvalue weighted by Crippen LogP contribution is -2.44. The third kappa shape index (κ3) is 5.46. The van der Waals surface area contributed by atoms with E-state index in [9.17, 15) is 9.59 Å². The molecule has 4 rings (SSSR count). The summed E-state index contributed by atoms with van der Waals surface area (Å²) in [7, 11) is 3.40. The average Bonchev–Trinajstić information content (AvgIpc) is 3.27. The van der Waals surface area contributed by atoms with E-state index < -0.39 is 0 Å². The highest BCUT2D eigenvalue weighted by Crippen LogP contribution is 2.30. The molecule has 0 bridgehead atoms. The van der Waals surface area contributed by atoms with Crippen molar-refractivity contribution in [2.45, 2.75) is 19.9 Å². The van der Waals surface area contributed by atoms with Gasteiger partial charge in [-0.15, -0.1) is 0 Å². The van der Waals surface area contributed by atoms with E-state index in [1.54, 1.807) is 44.6 Å².